The molecule has 3 rings (SSSR count). The Morgan fingerprint density at radius 1 is 1.18 bits per heavy atom. The molecule has 0 radical (unpaired) electrons. The van der Waals surface area contributed by atoms with Crippen molar-refractivity contribution in [2.75, 3.05) is 11.6 Å². The third kappa shape index (κ3) is 4.89. The normalized spacial score (nSPS) is 11.9. The second kappa shape index (κ2) is 9.36. The van der Waals surface area contributed by atoms with Crippen molar-refractivity contribution in [2.45, 2.75) is 31.0 Å². The monoisotopic (exact) mass is 399 g/mol. The molecule has 1 unspecified atom stereocenters. The highest BCUT2D eigenvalue weighted by Crippen LogP contribution is 2.23. The molecule has 0 aliphatic carbocycles. The number of carbonyl (C=O) groups excluding carboxylic acids is 1. The first-order valence-corrected chi connectivity index (χ1v) is 10.0. The van der Waals surface area contributed by atoms with Crippen molar-refractivity contribution in [2.24, 2.45) is 0 Å². The van der Waals surface area contributed by atoms with E-state index in [-0.39, 0.29) is 23.5 Å². The number of nitrogen functional groups attached to an aromatic ring is 1. The van der Waals surface area contributed by atoms with Crippen LogP contribution in [0.2, 0.25) is 0 Å². The molecule has 1 heterocycles. The van der Waals surface area contributed by atoms with E-state index in [9.17, 15) is 9.18 Å². The lowest BCUT2D eigenvalue weighted by Gasteiger charge is -2.18. The van der Waals surface area contributed by atoms with Crippen molar-refractivity contribution >= 4 is 17.7 Å². The van der Waals surface area contributed by atoms with Gasteiger partial charge in [0, 0.05) is 5.56 Å². The van der Waals surface area contributed by atoms with Crippen molar-refractivity contribution in [1.29, 1.82) is 0 Å². The number of rotatable bonds is 8. The SMILES string of the molecule is CCCC(NC(=O)CSc1nnc(-c2ccc(F)cc2)n1N)c1ccccc1. The van der Waals surface area contributed by atoms with Crippen LogP contribution in [0.1, 0.15) is 31.4 Å². The highest BCUT2D eigenvalue weighted by molar-refractivity contribution is 7.99. The van der Waals surface area contributed by atoms with Crippen LogP contribution >= 0.6 is 11.8 Å². The molecular formula is C20H22FN5OS. The molecular weight excluding hydrogens is 377 g/mol. The Kier molecular flexibility index (Phi) is 6.65. The van der Waals surface area contributed by atoms with Gasteiger partial charge in [-0.1, -0.05) is 55.4 Å². The summed E-state index contributed by atoms with van der Waals surface area (Å²) < 4.78 is 14.4. The van der Waals surface area contributed by atoms with Gasteiger partial charge in [0.15, 0.2) is 5.82 Å². The number of nitrogens with one attached hydrogen (secondary N) is 1. The second-order valence-electron chi connectivity index (χ2n) is 6.29. The minimum Gasteiger partial charge on any atom is -0.349 e. The molecule has 28 heavy (non-hydrogen) atoms. The average Bonchev–Trinajstić information content (AvgIpc) is 3.08. The highest BCUT2D eigenvalue weighted by atomic mass is 32.2. The lowest BCUT2D eigenvalue weighted by molar-refractivity contribution is -0.119. The lowest BCUT2D eigenvalue weighted by Crippen LogP contribution is -2.30. The molecule has 0 aliphatic heterocycles. The van der Waals surface area contributed by atoms with Crippen LogP contribution < -0.4 is 11.2 Å². The molecule has 1 aromatic heterocycles. The summed E-state index contributed by atoms with van der Waals surface area (Å²) in [6.07, 6.45) is 1.83. The van der Waals surface area contributed by atoms with Crippen LogP contribution in [-0.4, -0.2) is 26.5 Å². The zero-order valence-electron chi connectivity index (χ0n) is 15.5. The minimum atomic E-state index is -0.335. The lowest BCUT2D eigenvalue weighted by atomic mass is 10.0. The molecule has 8 heteroatoms. The summed E-state index contributed by atoms with van der Waals surface area (Å²) in [6.45, 7) is 2.09. The van der Waals surface area contributed by atoms with Crippen LogP contribution in [0, 0.1) is 5.82 Å². The Labute approximate surface area is 167 Å². The van der Waals surface area contributed by atoms with Gasteiger partial charge in [-0.2, -0.15) is 0 Å². The number of aromatic nitrogens is 3. The minimum absolute atomic E-state index is 0.0233. The molecule has 0 aliphatic rings. The molecule has 0 fully saturated rings. The summed E-state index contributed by atoms with van der Waals surface area (Å²) in [5.74, 6) is 6.20. The summed E-state index contributed by atoms with van der Waals surface area (Å²) in [4.78, 5) is 12.4. The number of nitrogens with two attached hydrogens (primary N) is 1. The Bertz CT molecular complexity index is 914. The van der Waals surface area contributed by atoms with Crippen LogP contribution in [-0.2, 0) is 4.79 Å². The van der Waals surface area contributed by atoms with Crippen LogP contribution in [0.5, 0.6) is 0 Å². The van der Waals surface area contributed by atoms with Gasteiger partial charge in [-0.05, 0) is 36.2 Å². The molecule has 6 nitrogen and oxygen atoms in total. The smallest absolute Gasteiger partial charge is 0.230 e. The third-order valence-corrected chi connectivity index (χ3v) is 5.16. The van der Waals surface area contributed by atoms with Crippen molar-refractivity contribution in [3.05, 3.63) is 66.0 Å². The van der Waals surface area contributed by atoms with E-state index in [1.807, 2.05) is 30.3 Å². The molecule has 1 atom stereocenters. The largest absolute Gasteiger partial charge is 0.349 e. The molecule has 3 N–H and O–H groups in total. The Morgan fingerprint density at radius 3 is 2.57 bits per heavy atom. The van der Waals surface area contributed by atoms with Crippen LogP contribution in [0.25, 0.3) is 11.4 Å². The summed E-state index contributed by atoms with van der Waals surface area (Å²) in [7, 11) is 0. The summed E-state index contributed by atoms with van der Waals surface area (Å²) >= 11 is 1.21. The van der Waals surface area contributed by atoms with Gasteiger partial charge in [0.25, 0.3) is 0 Å². The van der Waals surface area contributed by atoms with E-state index in [1.165, 1.54) is 28.6 Å². The maximum absolute atomic E-state index is 13.1. The number of halogens is 1. The van der Waals surface area contributed by atoms with E-state index < -0.39 is 0 Å². The zero-order valence-corrected chi connectivity index (χ0v) is 16.3. The second-order valence-corrected chi connectivity index (χ2v) is 7.23. The van der Waals surface area contributed by atoms with Gasteiger partial charge >= 0.3 is 0 Å². The van der Waals surface area contributed by atoms with Crippen molar-refractivity contribution in [1.82, 2.24) is 20.2 Å². The topological polar surface area (TPSA) is 85.8 Å². The molecule has 146 valence electrons. The number of nitrogens with zero attached hydrogens (tertiary/aromatic N) is 3. The van der Waals surface area contributed by atoms with Crippen LogP contribution in [0.15, 0.2) is 59.8 Å². The highest BCUT2D eigenvalue weighted by Gasteiger charge is 2.17. The Morgan fingerprint density at radius 2 is 1.89 bits per heavy atom. The van der Waals surface area contributed by atoms with E-state index in [0.717, 1.165) is 18.4 Å². The fraction of sp³-hybridized carbons (Fsp3) is 0.250. The van der Waals surface area contributed by atoms with Crippen LogP contribution in [0.4, 0.5) is 4.39 Å². The molecule has 0 spiro atoms. The number of amides is 1. The molecule has 2 aromatic carbocycles. The van der Waals surface area contributed by atoms with Gasteiger partial charge in [0.2, 0.25) is 11.1 Å². The number of thioether (sulfide) groups is 1. The van der Waals surface area contributed by atoms with E-state index >= 15 is 0 Å². The van der Waals surface area contributed by atoms with Gasteiger partial charge < -0.3 is 11.2 Å². The fourth-order valence-corrected chi connectivity index (χ4v) is 3.50. The van der Waals surface area contributed by atoms with Crippen molar-refractivity contribution < 1.29 is 9.18 Å². The maximum atomic E-state index is 13.1. The summed E-state index contributed by atoms with van der Waals surface area (Å²) in [6, 6.07) is 15.7. The molecule has 1 amide bonds. The van der Waals surface area contributed by atoms with Gasteiger partial charge in [-0.25, -0.2) is 9.07 Å². The fourth-order valence-electron chi connectivity index (χ4n) is 2.83. The third-order valence-electron chi connectivity index (χ3n) is 4.21. The van der Waals surface area contributed by atoms with Crippen molar-refractivity contribution in [3.63, 3.8) is 0 Å². The Hall–Kier alpha value is -2.87. The average molecular weight is 399 g/mol. The number of hydrogen-bond donors (Lipinski definition) is 2. The molecule has 0 bridgehead atoms. The first-order chi connectivity index (χ1) is 13.6. The van der Waals surface area contributed by atoms with E-state index in [1.54, 1.807) is 12.1 Å². The molecule has 3 aromatic rings. The van der Waals surface area contributed by atoms with Crippen molar-refractivity contribution in [3.8, 4) is 11.4 Å². The van der Waals surface area contributed by atoms with Crippen LogP contribution in [0.3, 0.4) is 0 Å². The van der Waals surface area contributed by atoms with Gasteiger partial charge in [0.1, 0.15) is 5.82 Å². The number of hydrogen-bond acceptors (Lipinski definition) is 5. The first-order valence-electron chi connectivity index (χ1n) is 9.02. The maximum Gasteiger partial charge on any atom is 0.230 e. The predicted octanol–water partition coefficient (Wildman–Crippen LogP) is 3.55. The van der Waals surface area contributed by atoms with E-state index in [2.05, 4.69) is 22.4 Å². The molecule has 0 saturated carbocycles. The quantitative estimate of drug-likeness (QED) is 0.447. The number of benzene rings is 2. The van der Waals surface area contributed by atoms with E-state index in [4.69, 9.17) is 5.84 Å². The standard InChI is InChI=1S/C20H22FN5OS/c1-2-6-17(14-7-4-3-5-8-14)23-18(27)13-28-20-25-24-19(26(20)22)15-9-11-16(21)12-10-15/h3-5,7-12,17H,2,6,13,22H2,1H3,(H,23,27). The van der Waals surface area contributed by atoms with Gasteiger partial charge in [-0.3, -0.25) is 4.79 Å². The number of carbonyl (C=O) groups is 1. The van der Waals surface area contributed by atoms with Gasteiger partial charge in [-0.15, -0.1) is 10.2 Å². The molecule has 0 saturated heterocycles. The van der Waals surface area contributed by atoms with E-state index in [0.29, 0.717) is 16.5 Å². The predicted molar refractivity (Wildman–Crippen MR) is 109 cm³/mol. The first kappa shape index (κ1) is 19.9. The van der Waals surface area contributed by atoms with Gasteiger partial charge in [0.05, 0.1) is 11.8 Å². The Balaban J connectivity index is 1.62. The summed E-state index contributed by atoms with van der Waals surface area (Å²) in [5, 5.41) is 11.6. The zero-order chi connectivity index (χ0) is 19.9. The summed E-state index contributed by atoms with van der Waals surface area (Å²) in [5.41, 5.74) is 1.74.